The summed E-state index contributed by atoms with van der Waals surface area (Å²) in [6.07, 6.45) is 8.41. The molecule has 2 rings (SSSR count). The Bertz CT molecular complexity index is 270. The van der Waals surface area contributed by atoms with Crippen LogP contribution in [-0.4, -0.2) is 48.5 Å². The minimum Gasteiger partial charge on any atom is -0.393 e. The third-order valence-corrected chi connectivity index (χ3v) is 5.05. The zero-order valence-electron chi connectivity index (χ0n) is 13.4. The van der Waals surface area contributed by atoms with E-state index in [1.165, 1.54) is 38.6 Å². The normalized spacial score (nSPS) is 32.1. The molecule has 0 radical (unpaired) electrons. The molecule has 1 N–H and O–H groups in total. The summed E-state index contributed by atoms with van der Waals surface area (Å²) >= 11 is 0. The Hall–Kier alpha value is -0.120. The number of aliphatic hydroxyl groups is 1. The van der Waals surface area contributed by atoms with Crippen LogP contribution in [0.4, 0.5) is 0 Å². The SMILES string of the molecule is CC(C)CCOCCN1CCCC1C1CCCCC1O. The summed E-state index contributed by atoms with van der Waals surface area (Å²) in [6, 6.07) is 0.610. The first-order valence-corrected chi connectivity index (χ1v) is 8.68. The second-order valence-corrected chi connectivity index (χ2v) is 7.06. The summed E-state index contributed by atoms with van der Waals surface area (Å²) in [5.41, 5.74) is 0. The van der Waals surface area contributed by atoms with Crippen LogP contribution in [0.1, 0.15) is 58.8 Å². The zero-order chi connectivity index (χ0) is 14.4. The molecule has 3 heteroatoms. The van der Waals surface area contributed by atoms with E-state index in [1.54, 1.807) is 0 Å². The Kier molecular flexibility index (Phi) is 6.79. The van der Waals surface area contributed by atoms with Crippen LogP contribution in [0.2, 0.25) is 0 Å². The first-order chi connectivity index (χ1) is 9.68. The Labute approximate surface area is 124 Å². The second kappa shape index (κ2) is 8.35. The van der Waals surface area contributed by atoms with Crippen molar-refractivity contribution in [3.63, 3.8) is 0 Å². The Balaban J connectivity index is 1.70. The van der Waals surface area contributed by atoms with Crippen molar-refractivity contribution in [2.24, 2.45) is 11.8 Å². The number of hydrogen-bond acceptors (Lipinski definition) is 3. The quantitative estimate of drug-likeness (QED) is 0.729. The average molecular weight is 283 g/mol. The number of aliphatic hydroxyl groups excluding tert-OH is 1. The fraction of sp³-hybridized carbons (Fsp3) is 1.00. The fourth-order valence-corrected chi connectivity index (χ4v) is 3.81. The van der Waals surface area contributed by atoms with Gasteiger partial charge in [-0.25, -0.2) is 0 Å². The maximum Gasteiger partial charge on any atom is 0.0593 e. The second-order valence-electron chi connectivity index (χ2n) is 7.06. The molecule has 3 atom stereocenters. The van der Waals surface area contributed by atoms with Gasteiger partial charge < -0.3 is 9.84 Å². The van der Waals surface area contributed by atoms with Gasteiger partial charge in [-0.3, -0.25) is 4.90 Å². The van der Waals surface area contributed by atoms with Gasteiger partial charge in [0.05, 0.1) is 12.7 Å². The van der Waals surface area contributed by atoms with E-state index in [1.807, 2.05) is 0 Å². The van der Waals surface area contributed by atoms with Crippen molar-refractivity contribution in [3.8, 4) is 0 Å². The molecule has 1 aliphatic heterocycles. The van der Waals surface area contributed by atoms with E-state index < -0.39 is 0 Å². The maximum absolute atomic E-state index is 10.3. The largest absolute Gasteiger partial charge is 0.393 e. The molecule has 3 nitrogen and oxygen atoms in total. The molecule has 0 bridgehead atoms. The topological polar surface area (TPSA) is 32.7 Å². The van der Waals surface area contributed by atoms with E-state index in [0.29, 0.717) is 12.0 Å². The van der Waals surface area contributed by atoms with Crippen molar-refractivity contribution in [2.45, 2.75) is 70.9 Å². The molecule has 1 aliphatic carbocycles. The van der Waals surface area contributed by atoms with Gasteiger partial charge >= 0.3 is 0 Å². The van der Waals surface area contributed by atoms with E-state index in [4.69, 9.17) is 4.74 Å². The van der Waals surface area contributed by atoms with Crippen molar-refractivity contribution in [2.75, 3.05) is 26.3 Å². The minimum atomic E-state index is -0.0591. The lowest BCUT2D eigenvalue weighted by atomic mass is 9.80. The summed E-state index contributed by atoms with van der Waals surface area (Å²) in [4.78, 5) is 2.58. The standard InChI is InChI=1S/C17H33NO2/c1-14(2)9-12-20-13-11-18-10-5-7-16(18)15-6-3-4-8-17(15)19/h14-17,19H,3-13H2,1-2H3. The molecule has 2 fully saturated rings. The highest BCUT2D eigenvalue weighted by Crippen LogP contribution is 2.34. The van der Waals surface area contributed by atoms with E-state index in [-0.39, 0.29) is 6.10 Å². The monoisotopic (exact) mass is 283 g/mol. The lowest BCUT2D eigenvalue weighted by Crippen LogP contribution is -2.43. The van der Waals surface area contributed by atoms with Crippen molar-refractivity contribution >= 4 is 0 Å². The molecule has 0 aromatic rings. The third kappa shape index (κ3) is 4.71. The number of nitrogens with zero attached hydrogens (tertiary/aromatic N) is 1. The molecule has 0 amide bonds. The lowest BCUT2D eigenvalue weighted by Gasteiger charge is -2.37. The Morgan fingerprint density at radius 3 is 2.65 bits per heavy atom. The molecule has 0 spiro atoms. The molecule has 118 valence electrons. The van der Waals surface area contributed by atoms with Gasteiger partial charge in [0, 0.05) is 25.1 Å². The molecule has 3 unspecified atom stereocenters. The molecule has 20 heavy (non-hydrogen) atoms. The van der Waals surface area contributed by atoms with Crippen LogP contribution in [0, 0.1) is 11.8 Å². The molecule has 1 saturated heterocycles. The van der Waals surface area contributed by atoms with Gasteiger partial charge in [0.15, 0.2) is 0 Å². The molecule has 0 aromatic carbocycles. The molecule has 1 heterocycles. The van der Waals surface area contributed by atoms with Crippen LogP contribution < -0.4 is 0 Å². The predicted molar refractivity (Wildman–Crippen MR) is 82.8 cm³/mol. The Morgan fingerprint density at radius 2 is 1.90 bits per heavy atom. The molecular formula is C17H33NO2. The summed E-state index contributed by atoms with van der Waals surface area (Å²) in [6.45, 7) is 8.47. The number of hydrogen-bond donors (Lipinski definition) is 1. The summed E-state index contributed by atoms with van der Waals surface area (Å²) in [5.74, 6) is 1.24. The van der Waals surface area contributed by atoms with Crippen molar-refractivity contribution in [1.82, 2.24) is 4.90 Å². The highest BCUT2D eigenvalue weighted by Gasteiger charge is 2.36. The van der Waals surface area contributed by atoms with Gasteiger partial charge in [-0.1, -0.05) is 26.7 Å². The number of rotatable bonds is 7. The summed E-state index contributed by atoms with van der Waals surface area (Å²) < 4.78 is 5.76. The smallest absolute Gasteiger partial charge is 0.0593 e. The van der Waals surface area contributed by atoms with Gasteiger partial charge in [0.25, 0.3) is 0 Å². The fourth-order valence-electron chi connectivity index (χ4n) is 3.81. The van der Waals surface area contributed by atoms with E-state index in [2.05, 4.69) is 18.7 Å². The van der Waals surface area contributed by atoms with Crippen LogP contribution in [0.15, 0.2) is 0 Å². The van der Waals surface area contributed by atoms with Crippen molar-refractivity contribution in [1.29, 1.82) is 0 Å². The Morgan fingerprint density at radius 1 is 1.10 bits per heavy atom. The molecule has 1 saturated carbocycles. The molecule has 0 aromatic heterocycles. The van der Waals surface area contributed by atoms with Crippen LogP contribution in [0.25, 0.3) is 0 Å². The van der Waals surface area contributed by atoms with E-state index in [9.17, 15) is 5.11 Å². The van der Waals surface area contributed by atoms with E-state index >= 15 is 0 Å². The number of likely N-dealkylation sites (tertiary alicyclic amines) is 1. The van der Waals surface area contributed by atoms with Gasteiger partial charge in [-0.15, -0.1) is 0 Å². The van der Waals surface area contributed by atoms with Gasteiger partial charge in [-0.05, 0) is 44.6 Å². The summed E-state index contributed by atoms with van der Waals surface area (Å²) in [5, 5.41) is 10.3. The van der Waals surface area contributed by atoms with Crippen LogP contribution >= 0.6 is 0 Å². The maximum atomic E-state index is 10.3. The van der Waals surface area contributed by atoms with Gasteiger partial charge in [-0.2, -0.15) is 0 Å². The van der Waals surface area contributed by atoms with Crippen LogP contribution in [0.3, 0.4) is 0 Å². The van der Waals surface area contributed by atoms with Crippen molar-refractivity contribution in [3.05, 3.63) is 0 Å². The molecule has 2 aliphatic rings. The van der Waals surface area contributed by atoms with Crippen LogP contribution in [-0.2, 0) is 4.74 Å². The zero-order valence-corrected chi connectivity index (χ0v) is 13.4. The van der Waals surface area contributed by atoms with Crippen LogP contribution in [0.5, 0.6) is 0 Å². The van der Waals surface area contributed by atoms with Gasteiger partial charge in [0.1, 0.15) is 0 Å². The highest BCUT2D eigenvalue weighted by molar-refractivity contribution is 4.90. The average Bonchev–Trinajstić information content (AvgIpc) is 2.87. The predicted octanol–water partition coefficient (Wildman–Crippen LogP) is 3.06. The van der Waals surface area contributed by atoms with Gasteiger partial charge in [0.2, 0.25) is 0 Å². The first kappa shape index (κ1) is 16.3. The molecular weight excluding hydrogens is 250 g/mol. The third-order valence-electron chi connectivity index (χ3n) is 5.05. The summed E-state index contributed by atoms with van der Waals surface area (Å²) in [7, 11) is 0. The highest BCUT2D eigenvalue weighted by atomic mass is 16.5. The van der Waals surface area contributed by atoms with E-state index in [0.717, 1.165) is 38.5 Å². The number of ether oxygens (including phenoxy) is 1. The minimum absolute atomic E-state index is 0.0591. The first-order valence-electron chi connectivity index (χ1n) is 8.68. The van der Waals surface area contributed by atoms with Crippen molar-refractivity contribution < 1.29 is 9.84 Å². The lowest BCUT2D eigenvalue weighted by molar-refractivity contribution is 0.0124.